The third kappa shape index (κ3) is 2.35. The lowest BCUT2D eigenvalue weighted by atomic mass is 9.89. The Morgan fingerprint density at radius 2 is 1.67 bits per heavy atom. The molecule has 0 bridgehead atoms. The van der Waals surface area contributed by atoms with Crippen molar-refractivity contribution in [1.29, 1.82) is 0 Å². The van der Waals surface area contributed by atoms with Crippen LogP contribution in [-0.4, -0.2) is 5.78 Å². The van der Waals surface area contributed by atoms with Crippen LogP contribution in [0.3, 0.4) is 0 Å². The number of hydrogen-bond acceptors (Lipinski definition) is 2. The highest BCUT2D eigenvalue weighted by atomic mass is 16.5. The third-order valence-electron chi connectivity index (χ3n) is 4.49. The standard InChI is InChI=1S/C19H20O2/c1-11-5-7-15(8-6-11)17-10-16(20)19-14(4)13(3)12(2)9-18(19)21-17/h5-9,17H,10H2,1-4H3. The lowest BCUT2D eigenvalue weighted by Gasteiger charge is -2.28. The molecule has 0 fully saturated rings. The average Bonchev–Trinajstić information content (AvgIpc) is 2.45. The first-order chi connectivity index (χ1) is 9.97. The number of ether oxygens (including phenoxy) is 1. The molecule has 0 saturated carbocycles. The Morgan fingerprint density at radius 1 is 1.00 bits per heavy atom. The molecule has 108 valence electrons. The molecule has 0 saturated heterocycles. The molecule has 0 aliphatic carbocycles. The second kappa shape index (κ2) is 5.03. The Morgan fingerprint density at radius 3 is 2.33 bits per heavy atom. The second-order valence-corrected chi connectivity index (χ2v) is 5.96. The van der Waals surface area contributed by atoms with Gasteiger partial charge in [0, 0.05) is 0 Å². The quantitative estimate of drug-likeness (QED) is 0.761. The predicted octanol–water partition coefficient (Wildman–Crippen LogP) is 4.63. The minimum Gasteiger partial charge on any atom is -0.484 e. The predicted molar refractivity (Wildman–Crippen MR) is 84.1 cm³/mol. The Bertz CT molecular complexity index is 711. The van der Waals surface area contributed by atoms with Gasteiger partial charge in [-0.3, -0.25) is 4.79 Å². The maximum atomic E-state index is 12.5. The lowest BCUT2D eigenvalue weighted by Crippen LogP contribution is -2.22. The maximum Gasteiger partial charge on any atom is 0.170 e. The summed E-state index contributed by atoms with van der Waals surface area (Å²) in [7, 11) is 0. The SMILES string of the molecule is Cc1ccc(C2CC(=O)c3c(cc(C)c(C)c3C)O2)cc1. The van der Waals surface area contributed by atoms with E-state index in [4.69, 9.17) is 4.74 Å². The summed E-state index contributed by atoms with van der Waals surface area (Å²) in [4.78, 5) is 12.5. The van der Waals surface area contributed by atoms with Crippen LogP contribution in [0.1, 0.15) is 50.7 Å². The molecule has 0 spiro atoms. The fourth-order valence-electron chi connectivity index (χ4n) is 2.92. The number of fused-ring (bicyclic) bond motifs is 1. The molecule has 21 heavy (non-hydrogen) atoms. The van der Waals surface area contributed by atoms with Crippen molar-refractivity contribution < 1.29 is 9.53 Å². The minimum absolute atomic E-state index is 0.174. The number of carbonyl (C=O) groups excluding carboxylic acids is 1. The zero-order valence-electron chi connectivity index (χ0n) is 13.0. The van der Waals surface area contributed by atoms with Crippen molar-refractivity contribution in [3.8, 4) is 5.75 Å². The molecule has 2 aromatic carbocycles. The summed E-state index contributed by atoms with van der Waals surface area (Å²) in [6.45, 7) is 8.19. The van der Waals surface area contributed by atoms with E-state index in [0.29, 0.717) is 6.42 Å². The van der Waals surface area contributed by atoms with E-state index in [1.54, 1.807) is 0 Å². The number of rotatable bonds is 1. The van der Waals surface area contributed by atoms with E-state index in [0.717, 1.165) is 22.4 Å². The lowest BCUT2D eigenvalue weighted by molar-refractivity contribution is 0.0848. The van der Waals surface area contributed by atoms with E-state index in [1.165, 1.54) is 16.7 Å². The topological polar surface area (TPSA) is 26.3 Å². The summed E-state index contributed by atoms with van der Waals surface area (Å²) in [5.74, 6) is 0.917. The van der Waals surface area contributed by atoms with Gasteiger partial charge in [-0.05, 0) is 56.0 Å². The molecule has 0 N–H and O–H groups in total. The largest absolute Gasteiger partial charge is 0.484 e. The highest BCUT2D eigenvalue weighted by Gasteiger charge is 2.29. The molecule has 0 radical (unpaired) electrons. The van der Waals surface area contributed by atoms with Crippen molar-refractivity contribution in [1.82, 2.24) is 0 Å². The van der Waals surface area contributed by atoms with Crippen molar-refractivity contribution in [2.45, 2.75) is 40.2 Å². The summed E-state index contributed by atoms with van der Waals surface area (Å²) in [6.07, 6.45) is 0.242. The molecule has 1 heterocycles. The van der Waals surface area contributed by atoms with Crippen molar-refractivity contribution in [2.24, 2.45) is 0 Å². The number of aryl methyl sites for hydroxylation is 2. The maximum absolute atomic E-state index is 12.5. The van der Waals surface area contributed by atoms with E-state index < -0.39 is 0 Å². The van der Waals surface area contributed by atoms with Crippen LogP contribution in [0.2, 0.25) is 0 Å². The Labute approximate surface area is 125 Å². The van der Waals surface area contributed by atoms with Gasteiger partial charge in [-0.2, -0.15) is 0 Å². The van der Waals surface area contributed by atoms with Gasteiger partial charge < -0.3 is 4.74 Å². The Hall–Kier alpha value is -2.09. The van der Waals surface area contributed by atoms with Crippen molar-refractivity contribution in [2.75, 3.05) is 0 Å². The van der Waals surface area contributed by atoms with E-state index in [1.807, 2.05) is 25.1 Å². The van der Waals surface area contributed by atoms with Gasteiger partial charge in [0.2, 0.25) is 0 Å². The van der Waals surface area contributed by atoms with Gasteiger partial charge in [0.15, 0.2) is 5.78 Å². The van der Waals surface area contributed by atoms with Gasteiger partial charge in [-0.25, -0.2) is 0 Å². The summed E-state index contributed by atoms with van der Waals surface area (Å²) in [5.41, 5.74) is 6.45. The molecule has 1 aliphatic heterocycles. The normalized spacial score (nSPS) is 17.3. The van der Waals surface area contributed by atoms with E-state index in [-0.39, 0.29) is 11.9 Å². The van der Waals surface area contributed by atoms with Gasteiger partial charge in [0.25, 0.3) is 0 Å². The first-order valence-corrected chi connectivity index (χ1v) is 7.34. The van der Waals surface area contributed by atoms with Crippen LogP contribution in [0.5, 0.6) is 5.75 Å². The zero-order valence-corrected chi connectivity index (χ0v) is 13.0. The van der Waals surface area contributed by atoms with E-state index >= 15 is 0 Å². The second-order valence-electron chi connectivity index (χ2n) is 5.96. The molecule has 3 rings (SSSR count). The molecule has 0 amide bonds. The highest BCUT2D eigenvalue weighted by molar-refractivity contribution is 6.01. The van der Waals surface area contributed by atoms with Crippen LogP contribution in [0.25, 0.3) is 0 Å². The fourth-order valence-corrected chi connectivity index (χ4v) is 2.92. The smallest absolute Gasteiger partial charge is 0.170 e. The number of carbonyl (C=O) groups is 1. The monoisotopic (exact) mass is 280 g/mol. The van der Waals surface area contributed by atoms with Crippen LogP contribution in [0, 0.1) is 27.7 Å². The van der Waals surface area contributed by atoms with Crippen molar-refractivity contribution in [3.05, 3.63) is 63.7 Å². The van der Waals surface area contributed by atoms with Crippen LogP contribution in [0.4, 0.5) is 0 Å². The Balaban J connectivity index is 2.03. The van der Waals surface area contributed by atoms with Gasteiger partial charge in [0.05, 0.1) is 12.0 Å². The number of ketones is 1. The first kappa shape index (κ1) is 13.9. The third-order valence-corrected chi connectivity index (χ3v) is 4.49. The first-order valence-electron chi connectivity index (χ1n) is 7.34. The summed E-state index contributed by atoms with van der Waals surface area (Å²) >= 11 is 0. The Kier molecular flexibility index (Phi) is 3.32. The van der Waals surface area contributed by atoms with E-state index in [2.05, 4.69) is 32.9 Å². The molecular weight excluding hydrogens is 260 g/mol. The van der Waals surface area contributed by atoms with Crippen LogP contribution < -0.4 is 4.74 Å². The fraction of sp³-hybridized carbons (Fsp3) is 0.316. The molecular formula is C19H20O2. The molecule has 1 atom stereocenters. The van der Waals surface area contributed by atoms with Gasteiger partial charge in [0.1, 0.15) is 11.9 Å². The summed E-state index contributed by atoms with van der Waals surface area (Å²) < 4.78 is 6.12. The molecule has 1 aliphatic rings. The molecule has 1 unspecified atom stereocenters. The zero-order chi connectivity index (χ0) is 15.1. The van der Waals surface area contributed by atoms with Crippen LogP contribution >= 0.6 is 0 Å². The van der Waals surface area contributed by atoms with E-state index in [9.17, 15) is 4.79 Å². The van der Waals surface area contributed by atoms with Crippen molar-refractivity contribution in [3.63, 3.8) is 0 Å². The average molecular weight is 280 g/mol. The molecule has 2 heteroatoms. The number of Topliss-reactive ketones (excluding diaryl/α,β-unsaturated/α-hetero) is 1. The van der Waals surface area contributed by atoms with Gasteiger partial charge in [-0.15, -0.1) is 0 Å². The number of hydrogen-bond donors (Lipinski definition) is 0. The molecule has 2 nitrogen and oxygen atoms in total. The minimum atomic E-state index is -0.174. The summed E-state index contributed by atoms with van der Waals surface area (Å²) in [6, 6.07) is 10.2. The highest BCUT2D eigenvalue weighted by Crippen LogP contribution is 2.38. The van der Waals surface area contributed by atoms with Crippen LogP contribution in [-0.2, 0) is 0 Å². The van der Waals surface area contributed by atoms with Gasteiger partial charge >= 0.3 is 0 Å². The summed E-state index contributed by atoms with van der Waals surface area (Å²) in [5, 5.41) is 0. The number of benzene rings is 2. The molecule has 2 aromatic rings. The van der Waals surface area contributed by atoms with Crippen LogP contribution in [0.15, 0.2) is 30.3 Å². The van der Waals surface area contributed by atoms with Gasteiger partial charge in [-0.1, -0.05) is 29.8 Å². The van der Waals surface area contributed by atoms with Crippen molar-refractivity contribution >= 4 is 5.78 Å². The molecule has 0 aromatic heterocycles.